The number of aryl methyl sites for hydroxylation is 1. The van der Waals surface area contributed by atoms with Crippen LogP contribution in [-0.2, 0) is 0 Å². The van der Waals surface area contributed by atoms with Crippen LogP contribution < -0.4 is 20.1 Å². The van der Waals surface area contributed by atoms with Crippen molar-refractivity contribution < 1.29 is 23.9 Å². The highest BCUT2D eigenvalue weighted by Gasteiger charge is 2.27. The van der Waals surface area contributed by atoms with E-state index < -0.39 is 0 Å². The number of anilines is 1. The van der Waals surface area contributed by atoms with E-state index in [0.29, 0.717) is 61.0 Å². The fourth-order valence-corrected chi connectivity index (χ4v) is 3.83. The topological polar surface area (TPSA) is 100 Å². The van der Waals surface area contributed by atoms with Gasteiger partial charge in [-0.3, -0.25) is 9.59 Å². The average Bonchev–Trinajstić information content (AvgIpc) is 2.89. The molecule has 1 saturated heterocycles. The minimum absolute atomic E-state index is 0.151. The zero-order valence-electron chi connectivity index (χ0n) is 20.8. The van der Waals surface area contributed by atoms with Crippen LogP contribution in [0.5, 0.6) is 11.5 Å². The molecule has 0 saturated carbocycles. The van der Waals surface area contributed by atoms with E-state index in [0.717, 1.165) is 18.4 Å². The molecule has 1 aliphatic heterocycles. The Hall–Kier alpha value is -3.75. The second-order valence-electron chi connectivity index (χ2n) is 8.41. The molecule has 2 N–H and O–H groups in total. The summed E-state index contributed by atoms with van der Waals surface area (Å²) in [6.07, 6.45) is 1.92. The zero-order chi connectivity index (χ0) is 25.4. The zero-order valence-corrected chi connectivity index (χ0v) is 20.8. The van der Waals surface area contributed by atoms with Gasteiger partial charge in [0.15, 0.2) is 0 Å². The largest absolute Gasteiger partial charge is 0.497 e. The Morgan fingerprint density at radius 2 is 1.66 bits per heavy atom. The lowest BCUT2D eigenvalue weighted by molar-refractivity contribution is 0.0668. The van der Waals surface area contributed by atoms with Gasteiger partial charge in [-0.1, -0.05) is 19.4 Å². The standard InChI is InChI=1S/C26H34N4O5/c1-5-6-11-27-24(31)19-8-7-18(2)22(16-19)28-26(33)30-14-12-29(13-15-30)25(32)21-10-9-20(34-3)17-23(21)35-4/h7-10,16-17H,5-6,11-15H2,1-4H3,(H,27,31)(H,28,33). The van der Waals surface area contributed by atoms with E-state index in [1.807, 2.05) is 13.0 Å². The first-order valence-corrected chi connectivity index (χ1v) is 11.8. The molecule has 1 fully saturated rings. The van der Waals surface area contributed by atoms with Crippen molar-refractivity contribution in [3.8, 4) is 11.5 Å². The summed E-state index contributed by atoms with van der Waals surface area (Å²) in [5.41, 5.74) is 2.42. The third kappa shape index (κ3) is 6.44. The van der Waals surface area contributed by atoms with E-state index in [1.165, 1.54) is 7.11 Å². The van der Waals surface area contributed by atoms with Crippen LogP contribution >= 0.6 is 0 Å². The lowest BCUT2D eigenvalue weighted by Gasteiger charge is -2.35. The number of rotatable bonds is 8. The van der Waals surface area contributed by atoms with Crippen molar-refractivity contribution in [2.24, 2.45) is 0 Å². The number of urea groups is 1. The molecule has 1 heterocycles. The van der Waals surface area contributed by atoms with Gasteiger partial charge in [0, 0.05) is 50.0 Å². The number of unbranched alkanes of at least 4 members (excludes halogenated alkanes) is 1. The summed E-state index contributed by atoms with van der Waals surface area (Å²) in [5, 5.41) is 5.81. The summed E-state index contributed by atoms with van der Waals surface area (Å²) >= 11 is 0. The van der Waals surface area contributed by atoms with Gasteiger partial charge >= 0.3 is 6.03 Å². The number of hydrogen-bond acceptors (Lipinski definition) is 5. The summed E-state index contributed by atoms with van der Waals surface area (Å²) in [6.45, 7) is 6.17. The predicted octanol–water partition coefficient (Wildman–Crippen LogP) is 3.53. The first-order valence-electron chi connectivity index (χ1n) is 11.8. The summed E-state index contributed by atoms with van der Waals surface area (Å²) in [6, 6.07) is 10.1. The van der Waals surface area contributed by atoms with Gasteiger partial charge in [0.1, 0.15) is 11.5 Å². The highest BCUT2D eigenvalue weighted by Crippen LogP contribution is 2.26. The first kappa shape index (κ1) is 25.9. The summed E-state index contributed by atoms with van der Waals surface area (Å²) in [4.78, 5) is 41.7. The SMILES string of the molecule is CCCCNC(=O)c1ccc(C)c(NC(=O)N2CCN(C(=O)c3ccc(OC)cc3OC)CC2)c1. The Morgan fingerprint density at radius 3 is 2.31 bits per heavy atom. The Bertz CT molecular complexity index is 1060. The highest BCUT2D eigenvalue weighted by molar-refractivity contribution is 5.98. The van der Waals surface area contributed by atoms with Crippen molar-refractivity contribution in [1.82, 2.24) is 15.1 Å². The molecule has 0 spiro atoms. The number of benzene rings is 2. The number of amides is 4. The molecule has 3 rings (SSSR count). The molecule has 9 heteroatoms. The minimum atomic E-state index is -0.259. The second-order valence-corrected chi connectivity index (χ2v) is 8.41. The van der Waals surface area contributed by atoms with Gasteiger partial charge in [0.05, 0.1) is 19.8 Å². The molecule has 0 radical (unpaired) electrons. The van der Waals surface area contributed by atoms with Crippen molar-refractivity contribution in [3.05, 3.63) is 53.1 Å². The van der Waals surface area contributed by atoms with Gasteiger partial charge in [0.2, 0.25) is 0 Å². The molecule has 0 bridgehead atoms. The summed E-state index contributed by atoms with van der Waals surface area (Å²) in [7, 11) is 3.07. The molecule has 9 nitrogen and oxygen atoms in total. The molecule has 0 aromatic heterocycles. The van der Waals surface area contributed by atoms with Crippen molar-refractivity contribution in [1.29, 1.82) is 0 Å². The highest BCUT2D eigenvalue weighted by atomic mass is 16.5. The minimum Gasteiger partial charge on any atom is -0.497 e. The number of hydrogen-bond donors (Lipinski definition) is 2. The van der Waals surface area contributed by atoms with Crippen LogP contribution in [-0.4, -0.2) is 74.6 Å². The second kappa shape index (κ2) is 12.1. The van der Waals surface area contributed by atoms with E-state index in [4.69, 9.17) is 9.47 Å². The Labute approximate surface area is 206 Å². The maximum absolute atomic E-state index is 13.0. The predicted molar refractivity (Wildman–Crippen MR) is 134 cm³/mol. The lowest BCUT2D eigenvalue weighted by atomic mass is 10.1. The number of piperazine rings is 1. The van der Waals surface area contributed by atoms with Gasteiger partial charge in [-0.25, -0.2) is 4.79 Å². The number of methoxy groups -OCH3 is 2. The van der Waals surface area contributed by atoms with Gasteiger partial charge < -0.3 is 29.9 Å². The van der Waals surface area contributed by atoms with E-state index in [9.17, 15) is 14.4 Å². The fourth-order valence-electron chi connectivity index (χ4n) is 3.83. The Kier molecular flexibility index (Phi) is 8.94. The molecule has 2 aromatic rings. The van der Waals surface area contributed by atoms with Crippen LogP contribution in [0.1, 0.15) is 46.0 Å². The van der Waals surface area contributed by atoms with Gasteiger partial charge in [-0.15, -0.1) is 0 Å². The molecule has 188 valence electrons. The molecule has 1 aliphatic rings. The first-order chi connectivity index (χ1) is 16.9. The molecule has 0 aliphatic carbocycles. The van der Waals surface area contributed by atoms with E-state index in [2.05, 4.69) is 17.6 Å². The van der Waals surface area contributed by atoms with Gasteiger partial charge in [0.25, 0.3) is 11.8 Å². The summed E-state index contributed by atoms with van der Waals surface area (Å²) < 4.78 is 10.6. The number of carbonyl (C=O) groups is 3. The van der Waals surface area contributed by atoms with Crippen molar-refractivity contribution in [2.45, 2.75) is 26.7 Å². The lowest BCUT2D eigenvalue weighted by Crippen LogP contribution is -2.51. The van der Waals surface area contributed by atoms with E-state index >= 15 is 0 Å². The number of nitrogens with zero attached hydrogens (tertiary/aromatic N) is 2. The molecule has 4 amide bonds. The van der Waals surface area contributed by atoms with Gasteiger partial charge in [-0.2, -0.15) is 0 Å². The van der Waals surface area contributed by atoms with Crippen molar-refractivity contribution in [2.75, 3.05) is 52.3 Å². The Morgan fingerprint density at radius 1 is 0.943 bits per heavy atom. The van der Waals surface area contributed by atoms with Crippen LogP contribution in [0.3, 0.4) is 0 Å². The van der Waals surface area contributed by atoms with Crippen molar-refractivity contribution >= 4 is 23.5 Å². The molecular formula is C26H34N4O5. The molecule has 2 aromatic carbocycles. The van der Waals surface area contributed by atoms with Crippen LogP contribution in [0.15, 0.2) is 36.4 Å². The molecule has 0 atom stereocenters. The Balaban J connectivity index is 1.59. The third-order valence-corrected chi connectivity index (χ3v) is 6.05. The summed E-state index contributed by atoms with van der Waals surface area (Å²) in [5.74, 6) is 0.749. The maximum atomic E-state index is 13.0. The smallest absolute Gasteiger partial charge is 0.321 e. The average molecular weight is 483 g/mol. The molecule has 0 unspecified atom stereocenters. The fraction of sp³-hybridized carbons (Fsp3) is 0.423. The number of nitrogens with one attached hydrogen (secondary N) is 2. The monoisotopic (exact) mass is 482 g/mol. The normalized spacial score (nSPS) is 13.3. The quantitative estimate of drug-likeness (QED) is 0.561. The third-order valence-electron chi connectivity index (χ3n) is 6.05. The van der Waals surface area contributed by atoms with Crippen LogP contribution in [0, 0.1) is 6.92 Å². The molecule has 35 heavy (non-hydrogen) atoms. The number of ether oxygens (including phenoxy) is 2. The number of carbonyl (C=O) groups excluding carboxylic acids is 3. The van der Waals surface area contributed by atoms with E-state index in [-0.39, 0.29) is 17.8 Å². The van der Waals surface area contributed by atoms with Crippen LogP contribution in [0.25, 0.3) is 0 Å². The van der Waals surface area contributed by atoms with Crippen molar-refractivity contribution in [3.63, 3.8) is 0 Å². The van der Waals surface area contributed by atoms with Crippen LogP contribution in [0.4, 0.5) is 10.5 Å². The van der Waals surface area contributed by atoms with Gasteiger partial charge in [-0.05, 0) is 43.2 Å². The molecular weight excluding hydrogens is 448 g/mol. The van der Waals surface area contributed by atoms with Crippen LogP contribution in [0.2, 0.25) is 0 Å². The maximum Gasteiger partial charge on any atom is 0.321 e. The van der Waals surface area contributed by atoms with E-state index in [1.54, 1.807) is 47.2 Å².